The van der Waals surface area contributed by atoms with Crippen molar-refractivity contribution in [2.75, 3.05) is 31.7 Å². The molecule has 0 saturated carbocycles. The Hall–Kier alpha value is -3.95. The van der Waals surface area contributed by atoms with Crippen LogP contribution in [0, 0.1) is 18.2 Å². The van der Waals surface area contributed by atoms with Gasteiger partial charge in [0.2, 0.25) is 11.8 Å². The lowest BCUT2D eigenvalue weighted by atomic mass is 9.82. The minimum atomic E-state index is -1.02. The van der Waals surface area contributed by atoms with Gasteiger partial charge in [-0.1, -0.05) is 32.4 Å². The van der Waals surface area contributed by atoms with Crippen molar-refractivity contribution < 1.29 is 28.7 Å². The molecule has 9 nitrogen and oxygen atoms in total. The maximum Gasteiger partial charge on any atom is 0.335 e. The average Bonchev–Trinajstić information content (AvgIpc) is 3.12. The lowest BCUT2D eigenvalue weighted by Crippen LogP contribution is -2.61. The van der Waals surface area contributed by atoms with E-state index in [1.165, 1.54) is 24.3 Å². The Labute approximate surface area is 227 Å². The minimum Gasteiger partial charge on any atom is -0.478 e. The van der Waals surface area contributed by atoms with Gasteiger partial charge >= 0.3 is 5.97 Å². The molecule has 10 heteroatoms. The van der Waals surface area contributed by atoms with E-state index in [1.54, 1.807) is 42.0 Å². The third-order valence-corrected chi connectivity index (χ3v) is 7.70. The molecule has 0 radical (unpaired) electrons. The number of nitrogens with zero attached hydrogens (tertiary/aromatic N) is 3. The van der Waals surface area contributed by atoms with Crippen molar-refractivity contribution >= 4 is 29.4 Å². The summed E-state index contributed by atoms with van der Waals surface area (Å²) in [5.74, 6) is -2.66. The number of amides is 3. The molecule has 3 amide bonds. The van der Waals surface area contributed by atoms with Gasteiger partial charge in [0.05, 0.1) is 17.8 Å². The van der Waals surface area contributed by atoms with Crippen LogP contribution in [-0.2, 0) is 9.59 Å². The van der Waals surface area contributed by atoms with Crippen LogP contribution >= 0.6 is 0 Å². The van der Waals surface area contributed by atoms with Crippen molar-refractivity contribution in [3.8, 4) is 0 Å². The smallest absolute Gasteiger partial charge is 0.335 e. The molecule has 2 heterocycles. The summed E-state index contributed by atoms with van der Waals surface area (Å²) < 4.78 is 14.4. The first-order chi connectivity index (χ1) is 18.2. The van der Waals surface area contributed by atoms with Crippen molar-refractivity contribution in [3.05, 3.63) is 65.0 Å². The Morgan fingerprint density at radius 2 is 1.67 bits per heavy atom. The highest BCUT2D eigenvalue weighted by Gasteiger charge is 2.53. The van der Waals surface area contributed by atoms with Crippen molar-refractivity contribution in [2.45, 2.75) is 52.1 Å². The highest BCUT2D eigenvalue weighted by molar-refractivity contribution is 5.98. The number of carbonyl (C=O) groups is 4. The number of anilines is 1. The molecule has 0 unspecified atom stereocenters. The molecule has 2 aliphatic heterocycles. The number of aryl methyl sites for hydroxylation is 1. The number of benzene rings is 2. The monoisotopic (exact) mass is 538 g/mol. The Morgan fingerprint density at radius 3 is 2.23 bits per heavy atom. The van der Waals surface area contributed by atoms with Crippen LogP contribution in [0.5, 0.6) is 0 Å². The Balaban J connectivity index is 1.53. The van der Waals surface area contributed by atoms with Crippen molar-refractivity contribution in [3.63, 3.8) is 0 Å². The van der Waals surface area contributed by atoms with Gasteiger partial charge in [0.15, 0.2) is 0 Å². The average molecular weight is 539 g/mol. The second kappa shape index (κ2) is 10.3. The predicted octanol–water partition coefficient (Wildman–Crippen LogP) is 3.27. The van der Waals surface area contributed by atoms with Gasteiger partial charge in [-0.3, -0.25) is 14.4 Å². The molecule has 2 fully saturated rings. The SMILES string of the molecule is Cc1ccc(F)c(C(=O)N[C@@H](C(=O)N2CCC3(CC2)C(=O)N(C)CN3c2ccc(C(=O)O)cc2)C(C)(C)C)c1. The number of aromatic carboxylic acids is 1. The molecule has 2 saturated heterocycles. The van der Waals surface area contributed by atoms with E-state index in [1.807, 2.05) is 25.7 Å². The number of carboxylic acid groups (broad SMARTS) is 1. The standard InChI is InChI=1S/C29H35FN4O5/c1-18-6-11-22(30)21(16-18)24(35)31-23(28(2,3)4)25(36)33-14-12-29(13-15-33)27(39)32(5)17-34(29)20-9-7-19(8-10-20)26(37)38/h6-11,16,23H,12-15,17H2,1-5H3,(H,31,35)(H,37,38)/t23-/m0/s1. The normalized spacial score (nSPS) is 17.9. The number of nitrogens with one attached hydrogen (secondary N) is 1. The third kappa shape index (κ3) is 5.32. The lowest BCUT2D eigenvalue weighted by Gasteiger charge is -2.45. The summed E-state index contributed by atoms with van der Waals surface area (Å²) in [4.78, 5) is 56.6. The van der Waals surface area contributed by atoms with Crippen LogP contribution in [0.25, 0.3) is 0 Å². The second-order valence-corrected chi connectivity index (χ2v) is 11.5. The summed E-state index contributed by atoms with van der Waals surface area (Å²) >= 11 is 0. The summed E-state index contributed by atoms with van der Waals surface area (Å²) in [5.41, 5.74) is 0.00403. The molecular weight excluding hydrogens is 503 g/mol. The zero-order valence-corrected chi connectivity index (χ0v) is 23.0. The molecule has 2 aromatic rings. The molecule has 39 heavy (non-hydrogen) atoms. The number of carbonyl (C=O) groups excluding carboxylic acids is 3. The molecule has 2 aliphatic rings. The van der Waals surface area contributed by atoms with E-state index < -0.39 is 34.7 Å². The van der Waals surface area contributed by atoms with E-state index in [4.69, 9.17) is 0 Å². The summed E-state index contributed by atoms with van der Waals surface area (Å²) in [5, 5.41) is 12.0. The second-order valence-electron chi connectivity index (χ2n) is 11.5. The predicted molar refractivity (Wildman–Crippen MR) is 144 cm³/mol. The van der Waals surface area contributed by atoms with Crippen molar-refractivity contribution in [1.29, 1.82) is 0 Å². The van der Waals surface area contributed by atoms with E-state index >= 15 is 0 Å². The zero-order valence-electron chi connectivity index (χ0n) is 23.0. The van der Waals surface area contributed by atoms with Gasteiger partial charge in [-0.25, -0.2) is 9.18 Å². The van der Waals surface area contributed by atoms with E-state index in [0.29, 0.717) is 32.6 Å². The molecule has 0 aliphatic carbocycles. The van der Waals surface area contributed by atoms with Crippen LogP contribution < -0.4 is 10.2 Å². The van der Waals surface area contributed by atoms with E-state index in [9.17, 15) is 28.7 Å². The van der Waals surface area contributed by atoms with Gasteiger partial charge in [0, 0.05) is 25.8 Å². The number of rotatable bonds is 5. The van der Waals surface area contributed by atoms with Gasteiger partial charge < -0.3 is 25.1 Å². The quantitative estimate of drug-likeness (QED) is 0.605. The number of likely N-dealkylation sites (tertiary alicyclic amines) is 1. The highest BCUT2D eigenvalue weighted by Crippen LogP contribution is 2.39. The first kappa shape index (κ1) is 28.1. The molecule has 0 aromatic heterocycles. The van der Waals surface area contributed by atoms with Crippen molar-refractivity contribution in [1.82, 2.24) is 15.1 Å². The third-order valence-electron chi connectivity index (χ3n) is 7.70. The van der Waals surface area contributed by atoms with Crippen LogP contribution in [0.4, 0.5) is 10.1 Å². The molecule has 0 bridgehead atoms. The summed E-state index contributed by atoms with van der Waals surface area (Å²) in [6.45, 7) is 8.22. The maximum atomic E-state index is 14.4. The number of carboxylic acids is 1. The van der Waals surface area contributed by atoms with Crippen LogP contribution in [0.15, 0.2) is 42.5 Å². The summed E-state index contributed by atoms with van der Waals surface area (Å²) in [7, 11) is 1.73. The van der Waals surface area contributed by atoms with Gasteiger partial charge in [-0.2, -0.15) is 0 Å². The van der Waals surface area contributed by atoms with Crippen LogP contribution in [0.2, 0.25) is 0 Å². The van der Waals surface area contributed by atoms with E-state index in [2.05, 4.69) is 5.32 Å². The fourth-order valence-electron chi connectivity index (χ4n) is 5.43. The lowest BCUT2D eigenvalue weighted by molar-refractivity contribution is -0.140. The Bertz CT molecular complexity index is 1300. The molecule has 208 valence electrons. The van der Waals surface area contributed by atoms with Gasteiger partial charge in [0.25, 0.3) is 5.91 Å². The largest absolute Gasteiger partial charge is 0.478 e. The minimum absolute atomic E-state index is 0.0486. The first-order valence-corrected chi connectivity index (χ1v) is 13.0. The molecular formula is C29H35FN4O5. The Morgan fingerprint density at radius 1 is 1.05 bits per heavy atom. The fourth-order valence-corrected chi connectivity index (χ4v) is 5.43. The number of hydrogen-bond donors (Lipinski definition) is 2. The molecule has 1 spiro atoms. The summed E-state index contributed by atoms with van der Waals surface area (Å²) in [6, 6.07) is 9.79. The highest BCUT2D eigenvalue weighted by atomic mass is 19.1. The zero-order chi connectivity index (χ0) is 28.7. The molecule has 4 rings (SSSR count). The van der Waals surface area contributed by atoms with Gasteiger partial charge in [0.1, 0.15) is 17.4 Å². The van der Waals surface area contributed by atoms with Gasteiger partial charge in [-0.15, -0.1) is 0 Å². The van der Waals surface area contributed by atoms with E-state index in [0.717, 1.165) is 11.3 Å². The fraction of sp³-hybridized carbons (Fsp3) is 0.448. The first-order valence-electron chi connectivity index (χ1n) is 13.0. The molecule has 1 atom stereocenters. The topological polar surface area (TPSA) is 110 Å². The van der Waals surface area contributed by atoms with Crippen LogP contribution in [0.3, 0.4) is 0 Å². The maximum absolute atomic E-state index is 14.4. The van der Waals surface area contributed by atoms with Crippen LogP contribution in [0.1, 0.15) is 59.9 Å². The van der Waals surface area contributed by atoms with Crippen molar-refractivity contribution in [2.24, 2.45) is 5.41 Å². The number of halogens is 1. The number of hydrogen-bond acceptors (Lipinski definition) is 5. The van der Waals surface area contributed by atoms with Gasteiger partial charge in [-0.05, 0) is 61.6 Å². The summed E-state index contributed by atoms with van der Waals surface area (Å²) in [6.07, 6.45) is 0.750. The van der Waals surface area contributed by atoms with E-state index in [-0.39, 0.29) is 22.9 Å². The van der Waals surface area contributed by atoms with Crippen LogP contribution in [-0.4, -0.2) is 77.0 Å². The molecule has 2 aromatic carbocycles. The molecule has 2 N–H and O–H groups in total. The number of piperidine rings is 1. The Kier molecular flexibility index (Phi) is 7.42. The number of likely N-dealkylation sites (N-methyl/N-ethyl adjacent to an activating group) is 1.